The second kappa shape index (κ2) is 8.29. The Bertz CT molecular complexity index is 616. The first kappa shape index (κ1) is 17.7. The Morgan fingerprint density at radius 2 is 1.96 bits per heavy atom. The predicted octanol–water partition coefficient (Wildman–Crippen LogP) is 2.45. The molecular formula is C18H25N3O4. The zero-order chi connectivity index (χ0) is 17.6. The minimum atomic E-state index is -0.470. The number of carbonyl (C=O) groups excluding carboxylic acids is 1. The van der Waals surface area contributed by atoms with Crippen molar-refractivity contribution in [2.24, 2.45) is 0 Å². The Hall–Kier alpha value is -2.15. The van der Waals surface area contributed by atoms with Crippen LogP contribution < -0.4 is 4.74 Å². The maximum Gasteiger partial charge on any atom is 0.310 e. The molecule has 0 aromatic heterocycles. The molecule has 2 aliphatic rings. The van der Waals surface area contributed by atoms with Gasteiger partial charge in [0.25, 0.3) is 0 Å². The summed E-state index contributed by atoms with van der Waals surface area (Å²) in [6.07, 6.45) is 4.97. The van der Waals surface area contributed by atoms with Crippen LogP contribution in [0.15, 0.2) is 24.3 Å². The molecule has 0 saturated carbocycles. The molecule has 0 bridgehead atoms. The van der Waals surface area contributed by atoms with E-state index >= 15 is 0 Å². The van der Waals surface area contributed by atoms with E-state index in [1.165, 1.54) is 18.9 Å². The van der Waals surface area contributed by atoms with E-state index in [1.807, 2.05) is 4.90 Å². The molecule has 7 nitrogen and oxygen atoms in total. The Labute approximate surface area is 147 Å². The average molecular weight is 347 g/mol. The molecule has 1 amide bonds. The van der Waals surface area contributed by atoms with Crippen molar-refractivity contribution in [2.75, 3.05) is 32.8 Å². The maximum atomic E-state index is 12.5. The summed E-state index contributed by atoms with van der Waals surface area (Å²) < 4.78 is 5.49. The smallest absolute Gasteiger partial charge is 0.310 e. The number of rotatable bonds is 6. The quantitative estimate of drug-likeness (QED) is 0.584. The molecule has 0 aliphatic carbocycles. The highest BCUT2D eigenvalue weighted by Crippen LogP contribution is 2.26. The van der Waals surface area contributed by atoms with Crippen LogP contribution >= 0.6 is 0 Å². The van der Waals surface area contributed by atoms with Crippen LogP contribution in [0.4, 0.5) is 5.69 Å². The molecule has 136 valence electrons. The summed E-state index contributed by atoms with van der Waals surface area (Å²) in [5.74, 6) is 0.288. The van der Waals surface area contributed by atoms with Gasteiger partial charge in [0, 0.05) is 25.2 Å². The molecule has 2 fully saturated rings. The minimum absolute atomic E-state index is 0.0676. The van der Waals surface area contributed by atoms with Crippen molar-refractivity contribution in [1.29, 1.82) is 0 Å². The van der Waals surface area contributed by atoms with Gasteiger partial charge in [-0.3, -0.25) is 19.8 Å². The van der Waals surface area contributed by atoms with Gasteiger partial charge in [0.05, 0.1) is 18.0 Å². The molecule has 2 heterocycles. The van der Waals surface area contributed by atoms with E-state index in [0.29, 0.717) is 6.04 Å². The first-order chi connectivity index (χ1) is 12.1. The van der Waals surface area contributed by atoms with E-state index in [1.54, 1.807) is 18.2 Å². The van der Waals surface area contributed by atoms with E-state index < -0.39 is 4.92 Å². The number of amides is 1. The van der Waals surface area contributed by atoms with Gasteiger partial charge in [0.15, 0.2) is 5.75 Å². The zero-order valence-corrected chi connectivity index (χ0v) is 14.4. The van der Waals surface area contributed by atoms with Gasteiger partial charge >= 0.3 is 5.69 Å². The molecule has 1 aromatic rings. The standard InChI is InChI=1S/C18H25N3O4/c22-18(9-13-25-17-8-2-1-7-16(17)21(23)24)20-12-5-6-15(14-20)19-10-3-4-11-19/h1-2,7-8,15H,3-6,9-14H2. The number of hydrogen-bond acceptors (Lipinski definition) is 5. The highest BCUT2D eigenvalue weighted by molar-refractivity contribution is 5.76. The van der Waals surface area contributed by atoms with E-state index in [0.717, 1.165) is 39.0 Å². The van der Waals surface area contributed by atoms with Crippen LogP contribution in [-0.2, 0) is 4.79 Å². The monoisotopic (exact) mass is 347 g/mol. The number of nitrogens with zero attached hydrogens (tertiary/aromatic N) is 3. The van der Waals surface area contributed by atoms with Gasteiger partial charge in [-0.1, -0.05) is 12.1 Å². The summed E-state index contributed by atoms with van der Waals surface area (Å²) in [6, 6.07) is 6.74. The van der Waals surface area contributed by atoms with Gasteiger partial charge in [-0.05, 0) is 44.8 Å². The molecule has 1 aromatic carbocycles. The number of piperidine rings is 1. The highest BCUT2D eigenvalue weighted by atomic mass is 16.6. The van der Waals surface area contributed by atoms with Gasteiger partial charge in [-0.15, -0.1) is 0 Å². The number of para-hydroxylation sites is 2. The third-order valence-corrected chi connectivity index (χ3v) is 5.04. The van der Waals surface area contributed by atoms with E-state index in [4.69, 9.17) is 4.74 Å². The molecule has 2 aliphatic heterocycles. The number of nitro groups is 1. The number of hydrogen-bond donors (Lipinski definition) is 0. The molecule has 7 heteroatoms. The van der Waals surface area contributed by atoms with E-state index in [-0.39, 0.29) is 30.4 Å². The third kappa shape index (κ3) is 4.48. The van der Waals surface area contributed by atoms with Gasteiger partial charge in [0.1, 0.15) is 0 Å². The molecule has 0 N–H and O–H groups in total. The largest absolute Gasteiger partial charge is 0.486 e. The fourth-order valence-corrected chi connectivity index (χ4v) is 3.72. The van der Waals surface area contributed by atoms with Crippen molar-refractivity contribution < 1.29 is 14.5 Å². The molecular weight excluding hydrogens is 322 g/mol. The van der Waals surface area contributed by atoms with Crippen LogP contribution in [0.3, 0.4) is 0 Å². The Morgan fingerprint density at radius 3 is 2.72 bits per heavy atom. The second-order valence-corrected chi connectivity index (χ2v) is 6.70. The number of benzene rings is 1. The lowest BCUT2D eigenvalue weighted by atomic mass is 10.0. The fourth-order valence-electron chi connectivity index (χ4n) is 3.72. The molecule has 0 radical (unpaired) electrons. The molecule has 3 rings (SSSR count). The van der Waals surface area contributed by atoms with Crippen molar-refractivity contribution in [3.63, 3.8) is 0 Å². The van der Waals surface area contributed by atoms with Crippen LogP contribution in [0.1, 0.15) is 32.1 Å². The summed E-state index contributed by atoms with van der Waals surface area (Å²) in [5.41, 5.74) is -0.0676. The van der Waals surface area contributed by atoms with Gasteiger partial charge < -0.3 is 9.64 Å². The molecule has 25 heavy (non-hydrogen) atoms. The van der Waals surface area contributed by atoms with Crippen LogP contribution in [0.25, 0.3) is 0 Å². The second-order valence-electron chi connectivity index (χ2n) is 6.70. The first-order valence-electron chi connectivity index (χ1n) is 9.03. The number of ether oxygens (including phenoxy) is 1. The van der Waals surface area contributed by atoms with Crippen LogP contribution in [0, 0.1) is 10.1 Å². The van der Waals surface area contributed by atoms with Crippen LogP contribution in [-0.4, -0.2) is 59.5 Å². The number of likely N-dealkylation sites (tertiary alicyclic amines) is 2. The summed E-state index contributed by atoms with van der Waals surface area (Å²) in [5, 5.41) is 11.0. The van der Waals surface area contributed by atoms with E-state index in [9.17, 15) is 14.9 Å². The zero-order valence-electron chi connectivity index (χ0n) is 14.4. The summed E-state index contributed by atoms with van der Waals surface area (Å²) in [7, 11) is 0. The Morgan fingerprint density at radius 1 is 1.20 bits per heavy atom. The summed E-state index contributed by atoms with van der Waals surface area (Å²) in [6.45, 7) is 4.05. The third-order valence-electron chi connectivity index (χ3n) is 5.04. The van der Waals surface area contributed by atoms with Crippen molar-refractivity contribution in [3.05, 3.63) is 34.4 Å². The van der Waals surface area contributed by atoms with Crippen molar-refractivity contribution >= 4 is 11.6 Å². The lowest BCUT2D eigenvalue weighted by molar-refractivity contribution is -0.385. The Kier molecular flexibility index (Phi) is 5.86. The summed E-state index contributed by atoms with van der Waals surface area (Å²) >= 11 is 0. The Balaban J connectivity index is 1.48. The van der Waals surface area contributed by atoms with Crippen molar-refractivity contribution in [1.82, 2.24) is 9.80 Å². The first-order valence-corrected chi connectivity index (χ1v) is 9.03. The van der Waals surface area contributed by atoms with Crippen molar-refractivity contribution in [3.8, 4) is 5.75 Å². The van der Waals surface area contributed by atoms with Gasteiger partial charge in [0.2, 0.25) is 5.91 Å². The number of nitro benzene ring substituents is 1. The van der Waals surface area contributed by atoms with Crippen molar-refractivity contribution in [2.45, 2.75) is 38.1 Å². The normalized spacial score (nSPS) is 21.3. The van der Waals surface area contributed by atoms with Gasteiger partial charge in [-0.25, -0.2) is 0 Å². The summed E-state index contributed by atoms with van der Waals surface area (Å²) in [4.78, 5) is 27.4. The molecule has 0 spiro atoms. The topological polar surface area (TPSA) is 75.9 Å². The maximum absolute atomic E-state index is 12.5. The predicted molar refractivity (Wildman–Crippen MR) is 93.6 cm³/mol. The SMILES string of the molecule is O=C(CCOc1ccccc1[N+](=O)[O-])N1CCCC(N2CCCC2)C1. The minimum Gasteiger partial charge on any atom is -0.486 e. The highest BCUT2D eigenvalue weighted by Gasteiger charge is 2.29. The molecule has 2 saturated heterocycles. The lowest BCUT2D eigenvalue weighted by Gasteiger charge is -2.37. The van der Waals surface area contributed by atoms with Gasteiger partial charge in [-0.2, -0.15) is 0 Å². The van der Waals surface area contributed by atoms with E-state index in [2.05, 4.69) is 4.90 Å². The van der Waals surface area contributed by atoms with Crippen LogP contribution in [0.2, 0.25) is 0 Å². The average Bonchev–Trinajstić information content (AvgIpc) is 3.17. The van der Waals surface area contributed by atoms with Crippen LogP contribution in [0.5, 0.6) is 5.75 Å². The molecule has 1 unspecified atom stereocenters. The lowest BCUT2D eigenvalue weighted by Crippen LogP contribution is -2.49. The fraction of sp³-hybridized carbons (Fsp3) is 0.611. The number of carbonyl (C=O) groups is 1. The molecule has 1 atom stereocenters.